The molecule has 0 aliphatic rings. The molecule has 0 aliphatic heterocycles. The van der Waals surface area contributed by atoms with Gasteiger partial charge in [-0.05, 0) is 100 Å². The van der Waals surface area contributed by atoms with Crippen LogP contribution >= 0.6 is 0 Å². The number of benzene rings is 3. The van der Waals surface area contributed by atoms with E-state index in [4.69, 9.17) is 23.7 Å². The molecule has 0 bridgehead atoms. The summed E-state index contributed by atoms with van der Waals surface area (Å²) in [6.45, 7) is 9.32. The molecule has 0 spiro atoms. The first kappa shape index (κ1) is 28.5. The van der Waals surface area contributed by atoms with Gasteiger partial charge in [0.2, 0.25) is 0 Å². The van der Waals surface area contributed by atoms with E-state index in [1.165, 1.54) is 0 Å². The van der Waals surface area contributed by atoms with Crippen LogP contribution in [0, 0.1) is 0 Å². The van der Waals surface area contributed by atoms with E-state index in [0.717, 1.165) is 37.6 Å². The first-order valence-electron chi connectivity index (χ1n) is 13.2. The summed E-state index contributed by atoms with van der Waals surface area (Å²) in [5.41, 5.74) is 0.885. The average Bonchev–Trinajstić information content (AvgIpc) is 2.95. The summed E-state index contributed by atoms with van der Waals surface area (Å²) in [5.74, 6) is 2.33. The number of pyridine rings is 1. The van der Waals surface area contributed by atoms with Gasteiger partial charge < -0.3 is 23.7 Å². The van der Waals surface area contributed by atoms with Crippen LogP contribution in [0.5, 0.6) is 17.2 Å². The predicted octanol–water partition coefficient (Wildman–Crippen LogP) is 7.28. The molecule has 4 rings (SSSR count). The number of ether oxygens (including phenoxy) is 5. The molecular weight excluding hydrogens is 510 g/mol. The third-order valence-corrected chi connectivity index (χ3v) is 7.89. The molecule has 0 aliphatic carbocycles. The van der Waals surface area contributed by atoms with Crippen LogP contribution in [0.4, 0.5) is 0 Å². The van der Waals surface area contributed by atoms with Gasteiger partial charge in [-0.25, -0.2) is 0 Å². The molecule has 0 fully saturated rings. The van der Waals surface area contributed by atoms with Crippen molar-refractivity contribution in [1.82, 2.24) is 4.98 Å². The molecular formula is C32H36NO5S+. The van der Waals surface area contributed by atoms with Crippen molar-refractivity contribution in [1.29, 1.82) is 0 Å². The highest BCUT2D eigenvalue weighted by molar-refractivity contribution is 7.97. The fourth-order valence-electron chi connectivity index (χ4n) is 3.97. The summed E-state index contributed by atoms with van der Waals surface area (Å²) < 4.78 is 28.9. The summed E-state index contributed by atoms with van der Waals surface area (Å²) in [4.78, 5) is 7.82. The van der Waals surface area contributed by atoms with Crippen LogP contribution in [-0.2, 0) is 27.0 Å². The van der Waals surface area contributed by atoms with Crippen molar-refractivity contribution in [2.24, 2.45) is 0 Å². The fourth-order valence-corrected chi connectivity index (χ4v) is 6.05. The normalized spacial score (nSPS) is 13.3. The Morgan fingerprint density at radius 2 is 1.23 bits per heavy atom. The molecule has 1 heterocycles. The zero-order valence-corrected chi connectivity index (χ0v) is 23.7. The van der Waals surface area contributed by atoms with Gasteiger partial charge >= 0.3 is 0 Å². The number of hydrogen-bond acceptors (Lipinski definition) is 6. The van der Waals surface area contributed by atoms with Crippen LogP contribution in [0.15, 0.2) is 112 Å². The number of nitrogens with zero attached hydrogens (tertiary/aromatic N) is 1. The van der Waals surface area contributed by atoms with Gasteiger partial charge in [-0.2, -0.15) is 0 Å². The molecule has 0 saturated carbocycles. The van der Waals surface area contributed by atoms with Gasteiger partial charge in [-0.1, -0.05) is 12.1 Å². The quantitative estimate of drug-likeness (QED) is 0.122. The molecule has 3 aromatic carbocycles. The van der Waals surface area contributed by atoms with Crippen molar-refractivity contribution >= 4 is 10.9 Å². The Balaban J connectivity index is 1.61. The largest absolute Gasteiger partial charge is 0.487 e. The second-order valence-electron chi connectivity index (χ2n) is 8.62. The third kappa shape index (κ3) is 8.48. The molecule has 0 N–H and O–H groups in total. The SMILES string of the molecule is CCOC(C)Oc1ccc([S+](c2ccc(OC(C)OCC)cc2)c2cccc(OCc3ccccn3)c2)cc1. The highest BCUT2D eigenvalue weighted by Gasteiger charge is 2.29. The summed E-state index contributed by atoms with van der Waals surface area (Å²) in [7, 11) is -0.391. The van der Waals surface area contributed by atoms with Crippen LogP contribution in [-0.4, -0.2) is 30.8 Å². The molecule has 204 valence electrons. The molecule has 39 heavy (non-hydrogen) atoms. The molecule has 2 unspecified atom stereocenters. The van der Waals surface area contributed by atoms with Gasteiger partial charge in [-0.3, -0.25) is 4.98 Å². The monoisotopic (exact) mass is 546 g/mol. The summed E-state index contributed by atoms with van der Waals surface area (Å²) in [5, 5.41) is 0. The molecule has 1 aromatic heterocycles. The Morgan fingerprint density at radius 3 is 1.74 bits per heavy atom. The summed E-state index contributed by atoms with van der Waals surface area (Å²) in [6.07, 6.45) is 1.16. The maximum atomic E-state index is 6.10. The van der Waals surface area contributed by atoms with Gasteiger partial charge in [0, 0.05) is 25.5 Å². The van der Waals surface area contributed by atoms with Crippen LogP contribution in [0.2, 0.25) is 0 Å². The molecule has 2 atom stereocenters. The Hall–Kier alpha value is -3.52. The lowest BCUT2D eigenvalue weighted by atomic mass is 10.3. The first-order chi connectivity index (χ1) is 19.1. The van der Waals surface area contributed by atoms with E-state index in [9.17, 15) is 0 Å². The molecule has 0 radical (unpaired) electrons. The highest BCUT2D eigenvalue weighted by Crippen LogP contribution is 2.35. The van der Waals surface area contributed by atoms with Crippen LogP contribution in [0.25, 0.3) is 0 Å². The van der Waals surface area contributed by atoms with Crippen molar-refractivity contribution in [3.8, 4) is 17.2 Å². The van der Waals surface area contributed by atoms with Crippen LogP contribution < -0.4 is 14.2 Å². The van der Waals surface area contributed by atoms with E-state index < -0.39 is 10.9 Å². The van der Waals surface area contributed by atoms with E-state index in [1.807, 2.05) is 82.3 Å². The van der Waals surface area contributed by atoms with E-state index in [-0.39, 0.29) is 12.6 Å². The lowest BCUT2D eigenvalue weighted by Crippen LogP contribution is -2.16. The van der Waals surface area contributed by atoms with E-state index in [1.54, 1.807) is 6.20 Å². The van der Waals surface area contributed by atoms with Crippen LogP contribution in [0.1, 0.15) is 33.4 Å². The van der Waals surface area contributed by atoms with Gasteiger partial charge in [0.15, 0.2) is 27.3 Å². The first-order valence-corrected chi connectivity index (χ1v) is 14.4. The van der Waals surface area contributed by atoms with Crippen molar-refractivity contribution in [3.63, 3.8) is 0 Å². The number of rotatable bonds is 14. The minimum atomic E-state index is -0.391. The van der Waals surface area contributed by atoms with Crippen LogP contribution in [0.3, 0.4) is 0 Å². The Kier molecular flexibility index (Phi) is 10.7. The Labute approximate surface area is 234 Å². The van der Waals surface area contributed by atoms with Gasteiger partial charge in [0.25, 0.3) is 0 Å². The fraction of sp³-hybridized carbons (Fsp3) is 0.281. The highest BCUT2D eigenvalue weighted by atomic mass is 32.2. The standard InChI is InChI=1S/C32H36NO5S/c1-5-34-24(3)37-27-13-17-30(18-14-27)39(31-19-15-28(16-20-31)38-25(4)35-6-2)32-12-9-11-29(22-32)36-23-26-10-7-8-21-33-26/h7-22,24-25H,5-6,23H2,1-4H3/q+1. The van der Waals surface area contributed by atoms with E-state index in [0.29, 0.717) is 19.8 Å². The van der Waals surface area contributed by atoms with Gasteiger partial charge in [0.05, 0.1) is 16.6 Å². The Morgan fingerprint density at radius 1 is 0.641 bits per heavy atom. The van der Waals surface area contributed by atoms with E-state index >= 15 is 0 Å². The maximum absolute atomic E-state index is 6.10. The van der Waals surface area contributed by atoms with Gasteiger partial charge in [0.1, 0.15) is 23.9 Å². The van der Waals surface area contributed by atoms with Crippen molar-refractivity contribution in [2.45, 2.75) is 61.6 Å². The zero-order chi connectivity index (χ0) is 27.5. The van der Waals surface area contributed by atoms with Gasteiger partial charge in [-0.15, -0.1) is 0 Å². The zero-order valence-electron chi connectivity index (χ0n) is 22.9. The summed E-state index contributed by atoms with van der Waals surface area (Å²) in [6, 6.07) is 30.5. The lowest BCUT2D eigenvalue weighted by molar-refractivity contribution is -0.0616. The third-order valence-electron chi connectivity index (χ3n) is 5.68. The second kappa shape index (κ2) is 14.6. The second-order valence-corrected chi connectivity index (χ2v) is 10.6. The molecule has 4 aromatic rings. The maximum Gasteiger partial charge on any atom is 0.196 e. The smallest absolute Gasteiger partial charge is 0.196 e. The van der Waals surface area contributed by atoms with Crippen molar-refractivity contribution in [3.05, 3.63) is 103 Å². The minimum absolute atomic E-state index is 0.307. The number of hydrogen-bond donors (Lipinski definition) is 0. The minimum Gasteiger partial charge on any atom is -0.487 e. The topological polar surface area (TPSA) is 59.0 Å². The van der Waals surface area contributed by atoms with E-state index in [2.05, 4.69) is 41.4 Å². The average molecular weight is 547 g/mol. The molecule has 0 saturated heterocycles. The predicted molar refractivity (Wildman–Crippen MR) is 153 cm³/mol. The molecule has 6 nitrogen and oxygen atoms in total. The van der Waals surface area contributed by atoms with Crippen molar-refractivity contribution in [2.75, 3.05) is 13.2 Å². The Bertz CT molecular complexity index is 1210. The number of aromatic nitrogens is 1. The lowest BCUT2D eigenvalue weighted by Gasteiger charge is -2.15. The van der Waals surface area contributed by atoms with Crippen molar-refractivity contribution < 1.29 is 23.7 Å². The molecule has 7 heteroatoms. The molecule has 0 amide bonds. The summed E-state index contributed by atoms with van der Waals surface area (Å²) >= 11 is 0.